The number of piperidine rings is 1. The maximum atomic E-state index is 13.1. The summed E-state index contributed by atoms with van der Waals surface area (Å²) in [4.78, 5) is 40.9. The second-order valence-corrected chi connectivity index (χ2v) is 9.17. The van der Waals surface area contributed by atoms with Crippen LogP contribution in [0.25, 0.3) is 0 Å². The molecule has 6 nitrogen and oxygen atoms in total. The largest absolute Gasteiger partial charge is 0.457 e. The zero-order valence-corrected chi connectivity index (χ0v) is 18.4. The van der Waals surface area contributed by atoms with Gasteiger partial charge < -0.3 is 9.64 Å². The van der Waals surface area contributed by atoms with Crippen molar-refractivity contribution in [2.24, 2.45) is 0 Å². The lowest BCUT2D eigenvalue weighted by molar-refractivity contribution is -0.144. The van der Waals surface area contributed by atoms with Crippen molar-refractivity contribution in [3.8, 4) is 11.5 Å². The molecule has 0 N–H and O–H groups in total. The molecule has 2 aromatic carbocycles. The van der Waals surface area contributed by atoms with Crippen molar-refractivity contribution >= 4 is 17.7 Å². The molecule has 0 saturated carbocycles. The van der Waals surface area contributed by atoms with Crippen LogP contribution < -0.4 is 4.74 Å². The number of imide groups is 1. The molecule has 3 aliphatic heterocycles. The number of nitrogens with zero attached hydrogens (tertiary/aromatic N) is 2. The standard InChI is InChI=1S/C26H27FN2O4/c27-18-5-9-22(10-6-18)33-23-3-1-2-17(14-23)4-11-24(30)28-19-7-8-20(28)16-21(15-19)29-25(31)12-13-26(29)32/h1-3,5-6,9-10,14,19-21H,4,7-8,11-13,15-16H2. The van der Waals surface area contributed by atoms with E-state index in [-0.39, 0.29) is 41.7 Å². The van der Waals surface area contributed by atoms with Crippen LogP contribution in [0.4, 0.5) is 4.39 Å². The van der Waals surface area contributed by atoms with E-state index in [1.807, 2.05) is 29.2 Å². The van der Waals surface area contributed by atoms with Crippen LogP contribution in [0.15, 0.2) is 48.5 Å². The fourth-order valence-corrected chi connectivity index (χ4v) is 5.55. The lowest BCUT2D eigenvalue weighted by atomic mass is 9.95. The minimum atomic E-state index is -0.314. The van der Waals surface area contributed by atoms with Gasteiger partial charge in [-0.2, -0.15) is 0 Å². The SMILES string of the molecule is O=C1CCC(=O)N1C1CC2CCC(C1)N2C(=O)CCc1cccc(Oc2ccc(F)cc2)c1. The molecule has 7 heteroatoms. The molecule has 33 heavy (non-hydrogen) atoms. The number of hydrogen-bond donors (Lipinski definition) is 0. The van der Waals surface area contributed by atoms with E-state index in [1.54, 1.807) is 12.1 Å². The highest BCUT2D eigenvalue weighted by Crippen LogP contribution is 2.39. The average molecular weight is 451 g/mol. The summed E-state index contributed by atoms with van der Waals surface area (Å²) >= 11 is 0. The molecule has 0 spiro atoms. The molecule has 5 rings (SSSR count). The van der Waals surface area contributed by atoms with Crippen molar-refractivity contribution in [3.05, 3.63) is 59.9 Å². The first-order valence-corrected chi connectivity index (χ1v) is 11.7. The number of hydrogen-bond acceptors (Lipinski definition) is 4. The third-order valence-corrected chi connectivity index (χ3v) is 7.03. The number of likely N-dealkylation sites (tertiary alicyclic amines) is 1. The Morgan fingerprint density at radius 1 is 0.909 bits per heavy atom. The molecule has 3 amide bonds. The number of carbonyl (C=O) groups is 3. The number of ether oxygens (including phenoxy) is 1. The molecule has 2 aromatic rings. The van der Waals surface area contributed by atoms with Crippen LogP contribution in [0.1, 0.15) is 50.5 Å². The van der Waals surface area contributed by atoms with E-state index < -0.39 is 0 Å². The van der Waals surface area contributed by atoms with E-state index >= 15 is 0 Å². The maximum absolute atomic E-state index is 13.1. The fourth-order valence-electron chi connectivity index (χ4n) is 5.55. The van der Waals surface area contributed by atoms with Gasteiger partial charge in [-0.3, -0.25) is 19.3 Å². The summed E-state index contributed by atoms with van der Waals surface area (Å²) in [5.41, 5.74) is 0.999. The fraction of sp³-hybridized carbons (Fsp3) is 0.423. The lowest BCUT2D eigenvalue weighted by Gasteiger charge is -2.41. The highest BCUT2D eigenvalue weighted by Gasteiger charge is 2.47. The van der Waals surface area contributed by atoms with Crippen molar-refractivity contribution in [1.29, 1.82) is 0 Å². The Hall–Kier alpha value is -3.22. The molecule has 0 radical (unpaired) electrons. The van der Waals surface area contributed by atoms with Crippen molar-refractivity contribution < 1.29 is 23.5 Å². The van der Waals surface area contributed by atoms with Gasteiger partial charge in [0.15, 0.2) is 0 Å². The highest BCUT2D eigenvalue weighted by atomic mass is 19.1. The Morgan fingerprint density at radius 2 is 1.58 bits per heavy atom. The van der Waals surface area contributed by atoms with Crippen LogP contribution in [0.3, 0.4) is 0 Å². The summed E-state index contributed by atoms with van der Waals surface area (Å²) in [6.07, 6.45) is 4.89. The number of carbonyl (C=O) groups excluding carboxylic acids is 3. The van der Waals surface area contributed by atoms with Crippen LogP contribution in [0, 0.1) is 5.82 Å². The number of halogens is 1. The summed E-state index contributed by atoms with van der Waals surface area (Å²) in [6, 6.07) is 13.6. The quantitative estimate of drug-likeness (QED) is 0.618. The predicted molar refractivity (Wildman–Crippen MR) is 119 cm³/mol. The van der Waals surface area contributed by atoms with Crippen molar-refractivity contribution in [1.82, 2.24) is 9.80 Å². The van der Waals surface area contributed by atoms with Crippen LogP contribution in [-0.4, -0.2) is 45.6 Å². The van der Waals surface area contributed by atoms with Gasteiger partial charge in [0.25, 0.3) is 0 Å². The molecular formula is C26H27FN2O4. The van der Waals surface area contributed by atoms with E-state index in [1.165, 1.54) is 17.0 Å². The number of benzene rings is 2. The van der Waals surface area contributed by atoms with E-state index in [4.69, 9.17) is 4.74 Å². The topological polar surface area (TPSA) is 66.9 Å². The highest BCUT2D eigenvalue weighted by molar-refractivity contribution is 6.02. The van der Waals surface area contributed by atoms with Crippen LogP contribution in [0.2, 0.25) is 0 Å². The Morgan fingerprint density at radius 3 is 2.24 bits per heavy atom. The Bertz CT molecular complexity index is 1040. The number of fused-ring (bicyclic) bond motifs is 2. The molecule has 0 aromatic heterocycles. The third-order valence-electron chi connectivity index (χ3n) is 7.03. The number of aryl methyl sites for hydroxylation is 1. The summed E-state index contributed by atoms with van der Waals surface area (Å²) < 4.78 is 18.9. The van der Waals surface area contributed by atoms with Crippen molar-refractivity contribution in [3.63, 3.8) is 0 Å². The zero-order chi connectivity index (χ0) is 22.9. The first-order valence-electron chi connectivity index (χ1n) is 11.7. The molecular weight excluding hydrogens is 423 g/mol. The molecule has 2 unspecified atom stereocenters. The molecule has 3 saturated heterocycles. The van der Waals surface area contributed by atoms with Gasteiger partial charge in [0.1, 0.15) is 17.3 Å². The average Bonchev–Trinajstić information content (AvgIpc) is 3.28. The Balaban J connectivity index is 1.18. The summed E-state index contributed by atoms with van der Waals surface area (Å²) in [5.74, 6) is 0.890. The number of rotatable bonds is 6. The first kappa shape index (κ1) is 21.6. The smallest absolute Gasteiger partial charge is 0.229 e. The Labute approximate surface area is 192 Å². The number of amides is 3. The molecule has 3 heterocycles. The summed E-state index contributed by atoms with van der Waals surface area (Å²) in [7, 11) is 0. The van der Waals surface area contributed by atoms with Crippen molar-refractivity contribution in [2.75, 3.05) is 0 Å². The van der Waals surface area contributed by atoms with Gasteiger partial charge >= 0.3 is 0 Å². The van der Waals surface area contributed by atoms with Gasteiger partial charge in [-0.25, -0.2) is 4.39 Å². The monoisotopic (exact) mass is 450 g/mol. The first-order chi connectivity index (χ1) is 16.0. The lowest BCUT2D eigenvalue weighted by Crippen LogP contribution is -2.53. The van der Waals surface area contributed by atoms with E-state index in [2.05, 4.69) is 0 Å². The van der Waals surface area contributed by atoms with E-state index in [0.29, 0.717) is 50.0 Å². The van der Waals surface area contributed by atoms with E-state index in [0.717, 1.165) is 18.4 Å². The summed E-state index contributed by atoms with van der Waals surface area (Å²) in [5, 5.41) is 0. The van der Waals surface area contributed by atoms with Crippen LogP contribution in [0.5, 0.6) is 11.5 Å². The van der Waals surface area contributed by atoms with Gasteiger partial charge in [-0.15, -0.1) is 0 Å². The van der Waals surface area contributed by atoms with Crippen LogP contribution in [-0.2, 0) is 20.8 Å². The van der Waals surface area contributed by atoms with Gasteiger partial charge in [-0.05, 0) is 74.1 Å². The maximum Gasteiger partial charge on any atom is 0.229 e. The second kappa shape index (κ2) is 8.96. The Kier molecular flexibility index (Phi) is 5.87. The molecule has 2 atom stereocenters. The predicted octanol–water partition coefficient (Wildman–Crippen LogP) is 4.22. The van der Waals surface area contributed by atoms with Gasteiger partial charge in [0.05, 0.1) is 0 Å². The van der Waals surface area contributed by atoms with Gasteiger partial charge in [-0.1, -0.05) is 12.1 Å². The minimum Gasteiger partial charge on any atom is -0.457 e. The normalized spacial score (nSPS) is 24.5. The second-order valence-electron chi connectivity index (χ2n) is 9.17. The third kappa shape index (κ3) is 4.49. The van der Waals surface area contributed by atoms with E-state index in [9.17, 15) is 18.8 Å². The molecule has 3 fully saturated rings. The van der Waals surface area contributed by atoms with Gasteiger partial charge in [0, 0.05) is 37.4 Å². The molecule has 172 valence electrons. The van der Waals surface area contributed by atoms with Gasteiger partial charge in [0.2, 0.25) is 17.7 Å². The van der Waals surface area contributed by atoms with Crippen molar-refractivity contribution in [2.45, 2.75) is 69.5 Å². The summed E-state index contributed by atoms with van der Waals surface area (Å²) in [6.45, 7) is 0. The minimum absolute atomic E-state index is 0.0608. The molecule has 2 bridgehead atoms. The zero-order valence-electron chi connectivity index (χ0n) is 18.4. The molecule has 3 aliphatic rings. The van der Waals surface area contributed by atoms with Crippen LogP contribution >= 0.6 is 0 Å². The molecule has 0 aliphatic carbocycles.